The third kappa shape index (κ3) is 3.37. The van der Waals surface area contributed by atoms with E-state index in [1.165, 1.54) is 25.7 Å². The summed E-state index contributed by atoms with van der Waals surface area (Å²) in [6, 6.07) is -0.419. The minimum atomic E-state index is -0.450. The molecule has 0 aromatic heterocycles. The molecule has 2 aliphatic carbocycles. The van der Waals surface area contributed by atoms with Crippen LogP contribution in [-0.4, -0.2) is 24.4 Å². The van der Waals surface area contributed by atoms with Crippen LogP contribution < -0.4 is 10.6 Å². The summed E-state index contributed by atoms with van der Waals surface area (Å²) >= 11 is 5.29. The Morgan fingerprint density at radius 1 is 1.19 bits per heavy atom. The molecule has 2 saturated carbocycles. The third-order valence-corrected chi connectivity index (χ3v) is 3.57. The number of nitrogens with one attached hydrogen (secondary N) is 2. The molecule has 4 nitrogen and oxygen atoms in total. The molecule has 0 heterocycles. The molecular weight excluding hydrogens is 228 g/mol. The molecule has 5 heteroatoms. The van der Waals surface area contributed by atoms with Crippen molar-refractivity contribution in [1.82, 2.24) is 10.6 Å². The van der Waals surface area contributed by atoms with Crippen LogP contribution >= 0.6 is 11.6 Å². The number of hydrogen-bond acceptors (Lipinski definition) is 2. The van der Waals surface area contributed by atoms with Crippen molar-refractivity contribution in [3.63, 3.8) is 0 Å². The molecule has 0 spiro atoms. The van der Waals surface area contributed by atoms with Gasteiger partial charge in [-0.1, -0.05) is 0 Å². The lowest BCUT2D eigenvalue weighted by Crippen LogP contribution is -2.42. The van der Waals surface area contributed by atoms with Crippen LogP contribution in [0.15, 0.2) is 0 Å². The van der Waals surface area contributed by atoms with Crippen molar-refractivity contribution in [1.29, 1.82) is 0 Å². The number of hydrogen-bond donors (Lipinski definition) is 2. The predicted octanol–water partition coefficient (Wildman–Crippen LogP) is 1.49. The van der Waals surface area contributed by atoms with E-state index in [-0.39, 0.29) is 5.88 Å². The number of carbonyl (C=O) groups excluding carboxylic acids is 2. The van der Waals surface area contributed by atoms with Crippen molar-refractivity contribution in [3.05, 3.63) is 0 Å². The molecule has 0 bridgehead atoms. The Balaban J connectivity index is 1.68. The summed E-state index contributed by atoms with van der Waals surface area (Å²) in [5, 5.41) is 4.94. The normalized spacial score (nSPS) is 19.6. The van der Waals surface area contributed by atoms with Crippen LogP contribution in [0.1, 0.15) is 25.7 Å². The highest BCUT2D eigenvalue weighted by Gasteiger charge is 2.41. The van der Waals surface area contributed by atoms with Gasteiger partial charge in [-0.05, 0) is 43.4 Å². The van der Waals surface area contributed by atoms with E-state index in [9.17, 15) is 9.59 Å². The first-order valence-corrected chi connectivity index (χ1v) is 6.38. The van der Waals surface area contributed by atoms with Gasteiger partial charge in [0.15, 0.2) is 0 Å². The van der Waals surface area contributed by atoms with Gasteiger partial charge in [0.2, 0.25) is 5.91 Å². The third-order valence-electron chi connectivity index (χ3n) is 3.33. The zero-order valence-electron chi connectivity index (χ0n) is 9.17. The number of urea groups is 1. The fourth-order valence-corrected chi connectivity index (χ4v) is 2.25. The molecule has 2 aliphatic rings. The maximum Gasteiger partial charge on any atom is 0.321 e. The van der Waals surface area contributed by atoms with Crippen LogP contribution in [0.3, 0.4) is 0 Å². The molecule has 2 fully saturated rings. The number of rotatable bonds is 5. The van der Waals surface area contributed by atoms with Gasteiger partial charge in [0.05, 0.1) is 0 Å². The number of imide groups is 1. The minimum Gasteiger partial charge on any atom is -0.337 e. The summed E-state index contributed by atoms with van der Waals surface area (Å²) in [6.45, 7) is 0.691. The first-order valence-electron chi connectivity index (χ1n) is 5.84. The van der Waals surface area contributed by atoms with E-state index in [2.05, 4.69) is 10.6 Å². The smallest absolute Gasteiger partial charge is 0.321 e. The SMILES string of the molecule is O=C(CCl)NC(=O)NCC(C1CC1)C1CC1. The van der Waals surface area contributed by atoms with Crippen molar-refractivity contribution in [3.8, 4) is 0 Å². The van der Waals surface area contributed by atoms with Crippen LogP contribution in [0, 0.1) is 17.8 Å². The highest BCUT2D eigenvalue weighted by Crippen LogP contribution is 2.48. The van der Waals surface area contributed by atoms with Gasteiger partial charge in [-0.15, -0.1) is 11.6 Å². The van der Waals surface area contributed by atoms with Gasteiger partial charge >= 0.3 is 6.03 Å². The lowest BCUT2D eigenvalue weighted by Gasteiger charge is -2.16. The molecule has 0 aromatic rings. The van der Waals surface area contributed by atoms with Gasteiger partial charge in [0.1, 0.15) is 5.88 Å². The molecule has 0 atom stereocenters. The van der Waals surface area contributed by atoms with Crippen molar-refractivity contribution < 1.29 is 9.59 Å². The second-order valence-corrected chi connectivity index (χ2v) is 5.00. The van der Waals surface area contributed by atoms with E-state index in [0.717, 1.165) is 11.8 Å². The fraction of sp³-hybridized carbons (Fsp3) is 0.818. The van der Waals surface area contributed by atoms with Crippen molar-refractivity contribution in [2.75, 3.05) is 12.4 Å². The molecule has 2 N–H and O–H groups in total. The van der Waals surface area contributed by atoms with E-state index in [1.54, 1.807) is 0 Å². The van der Waals surface area contributed by atoms with Crippen molar-refractivity contribution >= 4 is 23.5 Å². The van der Waals surface area contributed by atoms with E-state index in [1.807, 2.05) is 0 Å². The average Bonchev–Trinajstić information content (AvgIpc) is 3.11. The molecule has 0 aromatic carbocycles. The van der Waals surface area contributed by atoms with Gasteiger partial charge in [-0.25, -0.2) is 4.79 Å². The van der Waals surface area contributed by atoms with Crippen molar-refractivity contribution in [2.24, 2.45) is 17.8 Å². The Hall–Kier alpha value is -0.770. The number of halogens is 1. The first-order chi connectivity index (χ1) is 7.70. The maximum absolute atomic E-state index is 11.3. The maximum atomic E-state index is 11.3. The second kappa shape index (κ2) is 5.04. The fourth-order valence-electron chi connectivity index (χ4n) is 2.18. The summed E-state index contributed by atoms with van der Waals surface area (Å²) < 4.78 is 0. The minimum absolute atomic E-state index is 0.178. The molecular formula is C11H17ClN2O2. The summed E-state index contributed by atoms with van der Waals surface area (Å²) in [6.07, 6.45) is 5.19. The van der Waals surface area contributed by atoms with Crippen LogP contribution in [0.4, 0.5) is 4.79 Å². The van der Waals surface area contributed by atoms with Crippen LogP contribution in [0.2, 0.25) is 0 Å². The lowest BCUT2D eigenvalue weighted by atomic mass is 9.98. The Morgan fingerprint density at radius 3 is 2.19 bits per heavy atom. The monoisotopic (exact) mass is 244 g/mol. The Bertz CT molecular complexity index is 276. The topological polar surface area (TPSA) is 58.2 Å². The summed E-state index contributed by atoms with van der Waals surface area (Å²) in [7, 11) is 0. The van der Waals surface area contributed by atoms with Crippen LogP contribution in [-0.2, 0) is 4.79 Å². The molecule has 0 aliphatic heterocycles. The van der Waals surface area contributed by atoms with Crippen LogP contribution in [0.5, 0.6) is 0 Å². The van der Waals surface area contributed by atoms with Gasteiger partial charge in [-0.3, -0.25) is 10.1 Å². The lowest BCUT2D eigenvalue weighted by molar-refractivity contribution is -0.117. The summed E-state index contributed by atoms with van der Waals surface area (Å²) in [5.74, 6) is 1.60. The van der Waals surface area contributed by atoms with Gasteiger partial charge < -0.3 is 5.32 Å². The standard InChI is InChI=1S/C11H17ClN2O2/c12-5-10(15)14-11(16)13-6-9(7-1-2-7)8-3-4-8/h7-9H,1-6H2,(H2,13,14,15,16). The zero-order valence-corrected chi connectivity index (χ0v) is 9.93. The summed E-state index contributed by atoms with van der Waals surface area (Å²) in [5.41, 5.74) is 0. The highest BCUT2D eigenvalue weighted by molar-refractivity contribution is 6.28. The molecule has 3 amide bonds. The quantitative estimate of drug-likeness (QED) is 0.720. The van der Waals surface area contributed by atoms with Crippen molar-refractivity contribution in [2.45, 2.75) is 25.7 Å². The molecule has 0 unspecified atom stereocenters. The molecule has 2 rings (SSSR count). The average molecular weight is 245 g/mol. The highest BCUT2D eigenvalue weighted by atomic mass is 35.5. The Kier molecular flexibility index (Phi) is 3.69. The number of amides is 3. The molecule has 90 valence electrons. The van der Waals surface area contributed by atoms with Gasteiger partial charge in [0.25, 0.3) is 0 Å². The van der Waals surface area contributed by atoms with Crippen LogP contribution in [0.25, 0.3) is 0 Å². The van der Waals surface area contributed by atoms with E-state index < -0.39 is 11.9 Å². The van der Waals surface area contributed by atoms with E-state index in [4.69, 9.17) is 11.6 Å². The Morgan fingerprint density at radius 2 is 1.75 bits per heavy atom. The number of alkyl halides is 1. The molecule has 0 saturated heterocycles. The number of carbonyl (C=O) groups is 2. The Labute approximate surface area is 100 Å². The molecule has 16 heavy (non-hydrogen) atoms. The second-order valence-electron chi connectivity index (χ2n) is 4.73. The first kappa shape index (κ1) is 11.7. The van der Waals surface area contributed by atoms with E-state index in [0.29, 0.717) is 12.5 Å². The zero-order chi connectivity index (χ0) is 11.5. The molecule has 0 radical (unpaired) electrons. The largest absolute Gasteiger partial charge is 0.337 e. The van der Waals surface area contributed by atoms with Gasteiger partial charge in [0, 0.05) is 6.54 Å². The van der Waals surface area contributed by atoms with E-state index >= 15 is 0 Å². The summed E-state index contributed by atoms with van der Waals surface area (Å²) in [4.78, 5) is 22.2. The van der Waals surface area contributed by atoms with Gasteiger partial charge in [-0.2, -0.15) is 0 Å². The predicted molar refractivity (Wildman–Crippen MR) is 61.2 cm³/mol.